The third-order valence-corrected chi connectivity index (χ3v) is 5.15. The lowest BCUT2D eigenvalue weighted by Crippen LogP contribution is -2.39. The molecule has 0 spiro atoms. The topological polar surface area (TPSA) is 29.9 Å². The number of hydrogen-bond acceptors (Lipinski definition) is 3. The molecule has 1 fully saturated rings. The molecule has 96 valence electrons. The maximum Gasteiger partial charge on any atom is 0.0534 e. The third-order valence-electron chi connectivity index (χ3n) is 3.73. The van der Waals surface area contributed by atoms with Gasteiger partial charge in [-0.25, -0.2) is 0 Å². The van der Waals surface area contributed by atoms with Crippen LogP contribution in [0.3, 0.4) is 0 Å². The zero-order valence-corrected chi connectivity index (χ0v) is 11.7. The third kappa shape index (κ3) is 3.49. The lowest BCUT2D eigenvalue weighted by atomic mass is 9.88. The van der Waals surface area contributed by atoms with E-state index in [0.29, 0.717) is 4.75 Å². The summed E-state index contributed by atoms with van der Waals surface area (Å²) in [4.78, 5) is 0. The minimum atomic E-state index is 0.487. The smallest absolute Gasteiger partial charge is 0.0534 e. The van der Waals surface area contributed by atoms with Gasteiger partial charge in [0.05, 0.1) is 6.20 Å². The van der Waals surface area contributed by atoms with Crippen LogP contribution in [-0.4, -0.2) is 27.3 Å². The van der Waals surface area contributed by atoms with Gasteiger partial charge in [-0.2, -0.15) is 16.9 Å². The van der Waals surface area contributed by atoms with E-state index in [1.807, 2.05) is 17.9 Å². The molecule has 2 rings (SSSR count). The lowest BCUT2D eigenvalue weighted by molar-refractivity contribution is 0.379. The van der Waals surface area contributed by atoms with Gasteiger partial charge in [-0.15, -0.1) is 0 Å². The second kappa shape index (κ2) is 5.91. The summed E-state index contributed by atoms with van der Waals surface area (Å²) in [7, 11) is 1.97. The highest BCUT2D eigenvalue weighted by atomic mass is 32.2. The first-order valence-corrected chi connectivity index (χ1v) is 7.70. The average Bonchev–Trinajstić information content (AvgIpc) is 2.76. The van der Waals surface area contributed by atoms with Crippen molar-refractivity contribution in [2.45, 2.75) is 43.4 Å². The molecule has 0 saturated heterocycles. The molecule has 1 heterocycles. The van der Waals surface area contributed by atoms with E-state index in [-0.39, 0.29) is 0 Å². The van der Waals surface area contributed by atoms with Crippen molar-refractivity contribution in [3.05, 3.63) is 18.0 Å². The second-order valence-corrected chi connectivity index (χ2v) is 6.35. The fraction of sp³-hybridized carbons (Fsp3) is 0.769. The van der Waals surface area contributed by atoms with E-state index in [0.717, 1.165) is 13.1 Å². The number of aromatic nitrogens is 2. The van der Waals surface area contributed by atoms with Crippen LogP contribution >= 0.6 is 11.8 Å². The van der Waals surface area contributed by atoms with E-state index >= 15 is 0 Å². The number of thioether (sulfide) groups is 1. The van der Waals surface area contributed by atoms with Crippen LogP contribution in [-0.2, 0) is 13.6 Å². The van der Waals surface area contributed by atoms with Crippen LogP contribution in [0.4, 0.5) is 0 Å². The van der Waals surface area contributed by atoms with Crippen LogP contribution in [0.5, 0.6) is 0 Å². The summed E-state index contributed by atoms with van der Waals surface area (Å²) in [6.07, 6.45) is 13.2. The molecule has 1 aromatic rings. The van der Waals surface area contributed by atoms with Crippen LogP contribution in [0.1, 0.15) is 37.7 Å². The van der Waals surface area contributed by atoms with Gasteiger partial charge in [0.15, 0.2) is 0 Å². The number of nitrogens with zero attached hydrogens (tertiary/aromatic N) is 2. The molecule has 1 N–H and O–H groups in total. The minimum Gasteiger partial charge on any atom is -0.311 e. The maximum atomic E-state index is 4.19. The highest BCUT2D eigenvalue weighted by molar-refractivity contribution is 8.00. The van der Waals surface area contributed by atoms with Crippen molar-refractivity contribution < 1.29 is 0 Å². The first kappa shape index (κ1) is 13.0. The molecule has 0 amide bonds. The first-order valence-electron chi connectivity index (χ1n) is 6.47. The molecule has 0 aromatic carbocycles. The molecule has 3 nitrogen and oxygen atoms in total. The van der Waals surface area contributed by atoms with Gasteiger partial charge in [-0.1, -0.05) is 19.3 Å². The Morgan fingerprint density at radius 2 is 2.18 bits per heavy atom. The number of hydrogen-bond donors (Lipinski definition) is 1. The van der Waals surface area contributed by atoms with Gasteiger partial charge in [0.2, 0.25) is 0 Å². The Morgan fingerprint density at radius 1 is 1.41 bits per heavy atom. The summed E-state index contributed by atoms with van der Waals surface area (Å²) in [5.41, 5.74) is 1.28. The molecular weight excluding hydrogens is 230 g/mol. The van der Waals surface area contributed by atoms with E-state index in [4.69, 9.17) is 0 Å². The lowest BCUT2D eigenvalue weighted by Gasteiger charge is -2.36. The monoisotopic (exact) mass is 253 g/mol. The van der Waals surface area contributed by atoms with Gasteiger partial charge < -0.3 is 5.32 Å². The Bertz CT molecular complexity index is 342. The number of nitrogens with one attached hydrogen (secondary N) is 1. The fourth-order valence-corrected chi connectivity index (χ4v) is 3.59. The summed E-state index contributed by atoms with van der Waals surface area (Å²) < 4.78 is 2.35. The second-order valence-electron chi connectivity index (χ2n) is 5.07. The molecule has 4 heteroatoms. The highest BCUT2D eigenvalue weighted by Gasteiger charge is 2.30. The molecule has 17 heavy (non-hydrogen) atoms. The van der Waals surface area contributed by atoms with Gasteiger partial charge in [0, 0.05) is 36.6 Å². The molecule has 1 aliphatic carbocycles. The summed E-state index contributed by atoms with van der Waals surface area (Å²) in [5, 5.41) is 7.79. The fourth-order valence-electron chi connectivity index (χ4n) is 2.65. The van der Waals surface area contributed by atoms with E-state index in [2.05, 4.69) is 34.6 Å². The minimum absolute atomic E-state index is 0.487. The molecule has 0 unspecified atom stereocenters. The van der Waals surface area contributed by atoms with Gasteiger partial charge >= 0.3 is 0 Å². The zero-order valence-electron chi connectivity index (χ0n) is 10.9. The van der Waals surface area contributed by atoms with E-state index in [1.54, 1.807) is 0 Å². The van der Waals surface area contributed by atoms with Crippen LogP contribution in [0.25, 0.3) is 0 Å². The van der Waals surface area contributed by atoms with Crippen molar-refractivity contribution >= 4 is 11.8 Å². The van der Waals surface area contributed by atoms with Crippen LogP contribution in [0.2, 0.25) is 0 Å². The first-order chi connectivity index (χ1) is 8.24. The van der Waals surface area contributed by atoms with Crippen molar-refractivity contribution in [3.63, 3.8) is 0 Å². The Labute approximate surface area is 108 Å². The molecular formula is C13H23N3S. The summed E-state index contributed by atoms with van der Waals surface area (Å²) in [5.74, 6) is 0. The van der Waals surface area contributed by atoms with Crippen molar-refractivity contribution in [2.75, 3.05) is 12.8 Å². The standard InChI is InChI=1S/C13H23N3S/c1-16-10-12(9-15-16)8-14-11-13(17-2)6-4-3-5-7-13/h9-10,14H,3-8,11H2,1-2H3. The number of aryl methyl sites for hydroxylation is 1. The Morgan fingerprint density at radius 3 is 2.76 bits per heavy atom. The molecule has 1 aromatic heterocycles. The van der Waals surface area contributed by atoms with Gasteiger partial charge in [0.25, 0.3) is 0 Å². The van der Waals surface area contributed by atoms with Gasteiger partial charge in [-0.3, -0.25) is 4.68 Å². The number of rotatable bonds is 5. The van der Waals surface area contributed by atoms with Crippen molar-refractivity contribution in [3.8, 4) is 0 Å². The van der Waals surface area contributed by atoms with E-state index in [9.17, 15) is 0 Å². The Kier molecular flexibility index (Phi) is 4.51. The van der Waals surface area contributed by atoms with Crippen molar-refractivity contribution in [1.82, 2.24) is 15.1 Å². The van der Waals surface area contributed by atoms with Crippen molar-refractivity contribution in [2.24, 2.45) is 7.05 Å². The summed E-state index contributed by atoms with van der Waals surface area (Å²) in [6, 6.07) is 0. The maximum absolute atomic E-state index is 4.19. The molecule has 0 radical (unpaired) electrons. The normalized spacial score (nSPS) is 19.4. The molecule has 0 aliphatic heterocycles. The predicted molar refractivity (Wildman–Crippen MR) is 74.2 cm³/mol. The predicted octanol–water partition coefficient (Wildman–Crippen LogP) is 2.58. The molecule has 0 atom stereocenters. The largest absolute Gasteiger partial charge is 0.311 e. The highest BCUT2D eigenvalue weighted by Crippen LogP contribution is 2.37. The van der Waals surface area contributed by atoms with Gasteiger partial charge in [-0.05, 0) is 19.1 Å². The molecule has 1 saturated carbocycles. The molecule has 1 aliphatic rings. The average molecular weight is 253 g/mol. The SMILES string of the molecule is CSC1(CNCc2cnn(C)c2)CCCCC1. The van der Waals surface area contributed by atoms with E-state index < -0.39 is 0 Å². The van der Waals surface area contributed by atoms with Crippen LogP contribution < -0.4 is 5.32 Å². The van der Waals surface area contributed by atoms with E-state index in [1.165, 1.54) is 37.7 Å². The summed E-state index contributed by atoms with van der Waals surface area (Å²) >= 11 is 2.05. The Hall–Kier alpha value is -0.480. The van der Waals surface area contributed by atoms with Crippen molar-refractivity contribution in [1.29, 1.82) is 0 Å². The van der Waals surface area contributed by atoms with Crippen LogP contribution in [0, 0.1) is 0 Å². The Balaban J connectivity index is 1.79. The quantitative estimate of drug-likeness (QED) is 0.874. The van der Waals surface area contributed by atoms with Crippen LogP contribution in [0.15, 0.2) is 12.4 Å². The van der Waals surface area contributed by atoms with Gasteiger partial charge in [0.1, 0.15) is 0 Å². The summed E-state index contributed by atoms with van der Waals surface area (Å²) in [6.45, 7) is 2.07. The zero-order chi connectivity index (χ0) is 12.1. The molecule has 0 bridgehead atoms.